The molecule has 20 heavy (non-hydrogen) atoms. The van der Waals surface area contributed by atoms with E-state index in [1.54, 1.807) is 30.3 Å². The van der Waals surface area contributed by atoms with E-state index in [0.717, 1.165) is 11.8 Å². The van der Waals surface area contributed by atoms with Gasteiger partial charge in [0.15, 0.2) is 0 Å². The fraction of sp³-hybridized carbons (Fsp3) is 0.357. The molecule has 4 nitrogen and oxygen atoms in total. The van der Waals surface area contributed by atoms with E-state index in [4.69, 9.17) is 11.6 Å². The Morgan fingerprint density at radius 1 is 1.20 bits per heavy atom. The maximum atomic E-state index is 12.5. The van der Waals surface area contributed by atoms with Gasteiger partial charge in [-0.15, -0.1) is 0 Å². The summed E-state index contributed by atoms with van der Waals surface area (Å²) in [6.07, 6.45) is 0.789. The van der Waals surface area contributed by atoms with Crippen molar-refractivity contribution >= 4 is 32.5 Å². The van der Waals surface area contributed by atoms with Gasteiger partial charge in [-0.1, -0.05) is 25.4 Å². The Morgan fingerprint density at radius 2 is 1.95 bits per heavy atom. The van der Waals surface area contributed by atoms with E-state index in [1.165, 1.54) is 4.31 Å². The molecule has 6 heteroatoms. The molecular weight excluding hydrogens is 296 g/mol. The van der Waals surface area contributed by atoms with Crippen LogP contribution in [0.2, 0.25) is 5.15 Å². The normalized spacial score (nSPS) is 12.2. The summed E-state index contributed by atoms with van der Waals surface area (Å²) >= 11 is 5.82. The third-order valence-electron chi connectivity index (χ3n) is 3.09. The van der Waals surface area contributed by atoms with Gasteiger partial charge in [0.25, 0.3) is 0 Å². The summed E-state index contributed by atoms with van der Waals surface area (Å²) in [5, 5.41) is 1.16. The fourth-order valence-electron chi connectivity index (χ4n) is 2.09. The highest BCUT2D eigenvalue weighted by Crippen LogP contribution is 2.22. The number of hydrogen-bond acceptors (Lipinski definition) is 3. The van der Waals surface area contributed by atoms with Gasteiger partial charge in [-0.2, -0.15) is 4.31 Å². The van der Waals surface area contributed by atoms with Gasteiger partial charge in [0.2, 0.25) is 10.0 Å². The largest absolute Gasteiger partial charge is 0.243 e. The first kappa shape index (κ1) is 15.2. The van der Waals surface area contributed by atoms with Gasteiger partial charge in [0, 0.05) is 18.5 Å². The molecule has 1 heterocycles. The van der Waals surface area contributed by atoms with Crippen molar-refractivity contribution in [3.05, 3.63) is 35.5 Å². The van der Waals surface area contributed by atoms with Crippen LogP contribution in [0, 0.1) is 0 Å². The topological polar surface area (TPSA) is 50.3 Å². The second-order valence-corrected chi connectivity index (χ2v) is 6.81. The number of rotatable bonds is 5. The average molecular weight is 313 g/mol. The van der Waals surface area contributed by atoms with Crippen molar-refractivity contribution in [2.24, 2.45) is 0 Å². The monoisotopic (exact) mass is 312 g/mol. The van der Waals surface area contributed by atoms with E-state index >= 15 is 0 Å². The first-order chi connectivity index (χ1) is 9.48. The smallest absolute Gasteiger partial charge is 0.236 e. The Labute approximate surface area is 124 Å². The SMILES string of the molecule is CCCN(CC)S(=O)(=O)c1ccc2nc(Cl)ccc2c1. The first-order valence-corrected chi connectivity index (χ1v) is 8.37. The van der Waals surface area contributed by atoms with E-state index in [0.29, 0.717) is 28.7 Å². The van der Waals surface area contributed by atoms with Gasteiger partial charge in [-0.3, -0.25) is 0 Å². The highest BCUT2D eigenvalue weighted by molar-refractivity contribution is 7.89. The van der Waals surface area contributed by atoms with Gasteiger partial charge >= 0.3 is 0 Å². The van der Waals surface area contributed by atoms with Crippen molar-refractivity contribution < 1.29 is 8.42 Å². The summed E-state index contributed by atoms with van der Waals surface area (Å²) in [5.41, 5.74) is 0.690. The zero-order chi connectivity index (χ0) is 14.8. The van der Waals surface area contributed by atoms with E-state index in [9.17, 15) is 8.42 Å². The molecule has 0 fully saturated rings. The van der Waals surface area contributed by atoms with Crippen molar-refractivity contribution in [3.8, 4) is 0 Å². The summed E-state index contributed by atoms with van der Waals surface area (Å²) < 4.78 is 26.6. The zero-order valence-corrected chi connectivity index (χ0v) is 13.1. The minimum atomic E-state index is -3.44. The van der Waals surface area contributed by atoms with E-state index in [2.05, 4.69) is 4.98 Å². The zero-order valence-electron chi connectivity index (χ0n) is 11.5. The van der Waals surface area contributed by atoms with E-state index in [1.807, 2.05) is 13.8 Å². The molecule has 0 spiro atoms. The number of pyridine rings is 1. The van der Waals surface area contributed by atoms with Crippen LogP contribution in [0.1, 0.15) is 20.3 Å². The number of benzene rings is 1. The van der Waals surface area contributed by atoms with Crippen LogP contribution in [-0.2, 0) is 10.0 Å². The Morgan fingerprint density at radius 3 is 2.60 bits per heavy atom. The summed E-state index contributed by atoms with van der Waals surface area (Å²) in [4.78, 5) is 4.45. The van der Waals surface area contributed by atoms with Crippen LogP contribution in [0.3, 0.4) is 0 Å². The van der Waals surface area contributed by atoms with Gasteiger partial charge < -0.3 is 0 Å². The number of halogens is 1. The lowest BCUT2D eigenvalue weighted by Crippen LogP contribution is -2.31. The second-order valence-electron chi connectivity index (χ2n) is 4.49. The predicted molar refractivity (Wildman–Crippen MR) is 81.5 cm³/mol. The molecule has 1 aromatic carbocycles. The molecule has 0 bridgehead atoms. The predicted octanol–water partition coefficient (Wildman–Crippen LogP) is 3.31. The van der Waals surface area contributed by atoms with Crippen molar-refractivity contribution in [2.75, 3.05) is 13.1 Å². The minimum Gasteiger partial charge on any atom is -0.236 e. The van der Waals surface area contributed by atoms with Gasteiger partial charge in [0.1, 0.15) is 5.15 Å². The molecule has 108 valence electrons. The lowest BCUT2D eigenvalue weighted by atomic mass is 10.2. The molecule has 0 atom stereocenters. The summed E-state index contributed by atoms with van der Waals surface area (Å²) in [6.45, 7) is 4.79. The van der Waals surface area contributed by atoms with Crippen LogP contribution in [0.5, 0.6) is 0 Å². The molecule has 0 radical (unpaired) electrons. The molecule has 0 saturated carbocycles. The number of hydrogen-bond donors (Lipinski definition) is 0. The second kappa shape index (κ2) is 6.08. The van der Waals surface area contributed by atoms with Crippen LogP contribution < -0.4 is 0 Å². The van der Waals surface area contributed by atoms with Crippen LogP contribution >= 0.6 is 11.6 Å². The molecule has 1 aromatic heterocycles. The van der Waals surface area contributed by atoms with Crippen LogP contribution in [0.4, 0.5) is 0 Å². The average Bonchev–Trinajstić information content (AvgIpc) is 2.43. The van der Waals surface area contributed by atoms with Crippen molar-refractivity contribution in [1.29, 1.82) is 0 Å². The Kier molecular flexibility index (Phi) is 4.62. The highest BCUT2D eigenvalue weighted by atomic mass is 35.5. The van der Waals surface area contributed by atoms with Crippen molar-refractivity contribution in [2.45, 2.75) is 25.2 Å². The fourth-order valence-corrected chi connectivity index (χ4v) is 3.82. The van der Waals surface area contributed by atoms with Gasteiger partial charge in [0.05, 0.1) is 10.4 Å². The van der Waals surface area contributed by atoms with E-state index in [-0.39, 0.29) is 0 Å². The maximum absolute atomic E-state index is 12.5. The Balaban J connectivity index is 2.49. The molecule has 0 aliphatic rings. The highest BCUT2D eigenvalue weighted by Gasteiger charge is 2.22. The van der Waals surface area contributed by atoms with Crippen LogP contribution in [-0.4, -0.2) is 30.8 Å². The lowest BCUT2D eigenvalue weighted by molar-refractivity contribution is 0.427. The molecular formula is C14H17ClN2O2S. The van der Waals surface area contributed by atoms with Crippen molar-refractivity contribution in [1.82, 2.24) is 9.29 Å². The molecule has 0 aliphatic carbocycles. The van der Waals surface area contributed by atoms with Crippen LogP contribution in [0.15, 0.2) is 35.2 Å². The Bertz CT molecular complexity index is 716. The Hall–Kier alpha value is -1.17. The quantitative estimate of drug-likeness (QED) is 0.796. The summed E-state index contributed by atoms with van der Waals surface area (Å²) in [6, 6.07) is 8.35. The summed E-state index contributed by atoms with van der Waals surface area (Å²) in [7, 11) is -3.44. The molecule has 0 unspecified atom stereocenters. The summed E-state index contributed by atoms with van der Waals surface area (Å²) in [5.74, 6) is 0. The minimum absolute atomic E-state index is 0.296. The number of fused-ring (bicyclic) bond motifs is 1. The molecule has 2 rings (SSSR count). The maximum Gasteiger partial charge on any atom is 0.243 e. The molecule has 2 aromatic rings. The lowest BCUT2D eigenvalue weighted by Gasteiger charge is -2.19. The molecule has 0 amide bonds. The molecule has 0 N–H and O–H groups in total. The van der Waals surface area contributed by atoms with Gasteiger partial charge in [-0.25, -0.2) is 13.4 Å². The first-order valence-electron chi connectivity index (χ1n) is 6.55. The standard InChI is InChI=1S/C14H17ClN2O2S/c1-3-9-17(4-2)20(18,19)12-6-7-13-11(10-12)5-8-14(15)16-13/h5-8,10H,3-4,9H2,1-2H3. The number of nitrogens with zero attached hydrogens (tertiary/aromatic N) is 2. The van der Waals surface area contributed by atoms with Gasteiger partial charge in [-0.05, 0) is 36.8 Å². The van der Waals surface area contributed by atoms with Crippen LogP contribution in [0.25, 0.3) is 10.9 Å². The van der Waals surface area contributed by atoms with Crippen molar-refractivity contribution in [3.63, 3.8) is 0 Å². The third kappa shape index (κ3) is 2.95. The molecule has 0 saturated heterocycles. The third-order valence-corrected chi connectivity index (χ3v) is 5.27. The molecule has 0 aliphatic heterocycles. The van der Waals surface area contributed by atoms with E-state index < -0.39 is 10.0 Å². The number of sulfonamides is 1. The number of aromatic nitrogens is 1.